The van der Waals surface area contributed by atoms with Crippen LogP contribution in [-0.4, -0.2) is 42.9 Å². The van der Waals surface area contributed by atoms with Crippen molar-refractivity contribution in [1.29, 1.82) is 0 Å². The molecule has 12 heteroatoms. The van der Waals surface area contributed by atoms with Gasteiger partial charge in [-0.15, -0.1) is 15.3 Å². The fourth-order valence-electron chi connectivity index (χ4n) is 2.32. The standard InChI is InChI=1S/C18H14FN7O2S2/c19-13-3-1-12(2-4-13)10-29-18-23-22-17(30-18)21-16(27)9-28-15-7-5-14(6-8-15)26-11-20-24-25-26/h1-8,11H,9-10H2,(H,21,22,27). The number of thioether (sulfide) groups is 1. The molecule has 0 spiro atoms. The van der Waals surface area contributed by atoms with Crippen molar-refractivity contribution in [3.8, 4) is 11.4 Å². The lowest BCUT2D eigenvalue weighted by atomic mass is 10.2. The number of hydrogen-bond donors (Lipinski definition) is 1. The van der Waals surface area contributed by atoms with Crippen molar-refractivity contribution < 1.29 is 13.9 Å². The second-order valence-electron chi connectivity index (χ2n) is 5.87. The second-order valence-corrected chi connectivity index (χ2v) is 8.07. The summed E-state index contributed by atoms with van der Waals surface area (Å²) < 4.78 is 20.6. The molecule has 0 fully saturated rings. The van der Waals surface area contributed by atoms with E-state index >= 15 is 0 Å². The molecule has 0 saturated heterocycles. The highest BCUT2D eigenvalue weighted by molar-refractivity contribution is 8.00. The van der Waals surface area contributed by atoms with Gasteiger partial charge in [-0.25, -0.2) is 9.07 Å². The maximum absolute atomic E-state index is 12.9. The van der Waals surface area contributed by atoms with Gasteiger partial charge in [0.15, 0.2) is 10.9 Å². The molecule has 1 amide bonds. The highest BCUT2D eigenvalue weighted by atomic mass is 32.2. The molecule has 9 nitrogen and oxygen atoms in total. The van der Waals surface area contributed by atoms with Crippen molar-refractivity contribution in [1.82, 2.24) is 30.4 Å². The second kappa shape index (κ2) is 9.41. The minimum absolute atomic E-state index is 0.165. The van der Waals surface area contributed by atoms with Gasteiger partial charge >= 0.3 is 0 Å². The minimum atomic E-state index is -0.342. The topological polar surface area (TPSA) is 108 Å². The maximum atomic E-state index is 12.9. The molecule has 2 aromatic heterocycles. The molecule has 4 aromatic rings. The van der Waals surface area contributed by atoms with Gasteiger partial charge in [-0.1, -0.05) is 35.2 Å². The number of aromatic nitrogens is 6. The van der Waals surface area contributed by atoms with Gasteiger partial charge in [-0.2, -0.15) is 0 Å². The first-order valence-electron chi connectivity index (χ1n) is 8.62. The van der Waals surface area contributed by atoms with Crippen LogP contribution in [0, 0.1) is 5.82 Å². The van der Waals surface area contributed by atoms with Gasteiger partial charge in [0.2, 0.25) is 5.13 Å². The number of ether oxygens (including phenoxy) is 1. The lowest BCUT2D eigenvalue weighted by Crippen LogP contribution is -2.20. The number of anilines is 1. The monoisotopic (exact) mass is 443 g/mol. The summed E-state index contributed by atoms with van der Waals surface area (Å²) in [5.74, 6) is 0.558. The van der Waals surface area contributed by atoms with E-state index < -0.39 is 0 Å². The Morgan fingerprint density at radius 1 is 1.13 bits per heavy atom. The molecule has 0 saturated carbocycles. The zero-order valence-electron chi connectivity index (χ0n) is 15.3. The number of benzene rings is 2. The predicted molar refractivity (Wildman–Crippen MR) is 109 cm³/mol. The van der Waals surface area contributed by atoms with Gasteiger partial charge in [0.1, 0.15) is 17.9 Å². The van der Waals surface area contributed by atoms with Gasteiger partial charge in [0.25, 0.3) is 5.91 Å². The molecule has 4 rings (SSSR count). The molecule has 0 bridgehead atoms. The largest absolute Gasteiger partial charge is 0.484 e. The number of halogens is 1. The molecule has 0 aliphatic heterocycles. The number of nitrogens with one attached hydrogen (secondary N) is 1. The highest BCUT2D eigenvalue weighted by Gasteiger charge is 2.10. The number of nitrogens with zero attached hydrogens (tertiary/aromatic N) is 6. The van der Waals surface area contributed by atoms with Gasteiger partial charge in [0, 0.05) is 5.75 Å². The van der Waals surface area contributed by atoms with Crippen LogP contribution in [0.25, 0.3) is 5.69 Å². The Bertz CT molecular complexity index is 1100. The Morgan fingerprint density at radius 3 is 2.67 bits per heavy atom. The Hall–Kier alpha value is -3.38. The van der Waals surface area contributed by atoms with Gasteiger partial charge in [-0.05, 0) is 52.4 Å². The normalized spacial score (nSPS) is 10.7. The van der Waals surface area contributed by atoms with Crippen molar-refractivity contribution in [2.24, 2.45) is 0 Å². The Labute approximate surface area is 178 Å². The van der Waals surface area contributed by atoms with Crippen LogP contribution in [0.1, 0.15) is 5.56 Å². The average molecular weight is 443 g/mol. The van der Waals surface area contributed by atoms with E-state index in [0.29, 0.717) is 21.0 Å². The van der Waals surface area contributed by atoms with E-state index in [1.807, 2.05) is 0 Å². The molecule has 2 aromatic carbocycles. The number of amides is 1. The SMILES string of the molecule is O=C(COc1ccc(-n2cnnn2)cc1)Nc1nnc(SCc2ccc(F)cc2)s1. The van der Waals surface area contributed by atoms with Crippen molar-refractivity contribution in [2.75, 3.05) is 11.9 Å². The molecule has 2 heterocycles. The molecule has 1 N–H and O–H groups in total. The molecule has 0 radical (unpaired) electrons. The lowest BCUT2D eigenvalue weighted by molar-refractivity contribution is -0.118. The van der Waals surface area contributed by atoms with E-state index in [9.17, 15) is 9.18 Å². The highest BCUT2D eigenvalue weighted by Crippen LogP contribution is 2.28. The number of carbonyl (C=O) groups is 1. The molecular weight excluding hydrogens is 429 g/mol. The van der Waals surface area contributed by atoms with Crippen molar-refractivity contribution in [3.63, 3.8) is 0 Å². The Balaban J connectivity index is 1.24. The minimum Gasteiger partial charge on any atom is -0.484 e. The molecule has 0 aliphatic rings. The number of hydrogen-bond acceptors (Lipinski definition) is 9. The Morgan fingerprint density at radius 2 is 1.93 bits per heavy atom. The van der Waals surface area contributed by atoms with E-state index in [1.165, 1.54) is 46.2 Å². The first-order valence-corrected chi connectivity index (χ1v) is 10.4. The summed E-state index contributed by atoms with van der Waals surface area (Å²) in [5.41, 5.74) is 1.75. The van der Waals surface area contributed by atoms with Gasteiger partial charge < -0.3 is 4.74 Å². The van der Waals surface area contributed by atoms with E-state index in [2.05, 4.69) is 31.0 Å². The van der Waals surface area contributed by atoms with Crippen LogP contribution in [0.5, 0.6) is 5.75 Å². The summed E-state index contributed by atoms with van der Waals surface area (Å²) in [6.07, 6.45) is 1.48. The van der Waals surface area contributed by atoms with Crippen LogP contribution in [0.2, 0.25) is 0 Å². The van der Waals surface area contributed by atoms with E-state index in [4.69, 9.17) is 4.74 Å². The van der Waals surface area contributed by atoms with E-state index in [-0.39, 0.29) is 18.3 Å². The lowest BCUT2D eigenvalue weighted by Gasteiger charge is -2.06. The number of tetrazole rings is 1. The van der Waals surface area contributed by atoms with Crippen LogP contribution in [0.3, 0.4) is 0 Å². The van der Waals surface area contributed by atoms with Crippen LogP contribution in [-0.2, 0) is 10.5 Å². The van der Waals surface area contributed by atoms with Crippen LogP contribution < -0.4 is 10.1 Å². The third kappa shape index (κ3) is 5.36. The zero-order chi connectivity index (χ0) is 20.8. The fourth-order valence-corrected chi connectivity index (χ4v) is 4.05. The summed E-state index contributed by atoms with van der Waals surface area (Å²) in [4.78, 5) is 12.1. The molecule has 30 heavy (non-hydrogen) atoms. The van der Waals surface area contributed by atoms with Gasteiger partial charge in [0.05, 0.1) is 5.69 Å². The molecule has 0 unspecified atom stereocenters. The summed E-state index contributed by atoms with van der Waals surface area (Å²) in [6, 6.07) is 13.3. The summed E-state index contributed by atoms with van der Waals surface area (Å²) in [7, 11) is 0. The van der Waals surface area contributed by atoms with E-state index in [0.717, 1.165) is 11.3 Å². The van der Waals surface area contributed by atoms with Crippen molar-refractivity contribution in [3.05, 3.63) is 66.2 Å². The molecule has 0 aliphatic carbocycles. The Kier molecular flexibility index (Phi) is 6.25. The molecule has 152 valence electrons. The van der Waals surface area contributed by atoms with Gasteiger partial charge in [-0.3, -0.25) is 10.1 Å². The zero-order valence-corrected chi connectivity index (χ0v) is 16.9. The first kappa shape index (κ1) is 19.9. The summed E-state index contributed by atoms with van der Waals surface area (Å²) in [5, 5.41) is 22.0. The average Bonchev–Trinajstić information content (AvgIpc) is 3.45. The third-order valence-corrected chi connectivity index (χ3v) is 5.79. The number of carbonyl (C=O) groups excluding carboxylic acids is 1. The van der Waals surface area contributed by atoms with Crippen molar-refractivity contribution in [2.45, 2.75) is 10.1 Å². The third-order valence-electron chi connectivity index (χ3n) is 3.75. The number of rotatable bonds is 8. The fraction of sp³-hybridized carbons (Fsp3) is 0.111. The van der Waals surface area contributed by atoms with Crippen LogP contribution in [0.4, 0.5) is 9.52 Å². The first-order chi connectivity index (χ1) is 14.7. The molecule has 0 atom stereocenters. The summed E-state index contributed by atoms with van der Waals surface area (Å²) >= 11 is 2.72. The predicted octanol–water partition coefficient (Wildman–Crippen LogP) is 2.96. The smallest absolute Gasteiger partial charge is 0.264 e. The van der Waals surface area contributed by atoms with Crippen LogP contribution in [0.15, 0.2) is 59.2 Å². The quantitative estimate of drug-likeness (QED) is 0.327. The summed E-state index contributed by atoms with van der Waals surface area (Å²) in [6.45, 7) is -0.165. The van der Waals surface area contributed by atoms with Crippen LogP contribution >= 0.6 is 23.1 Å². The maximum Gasteiger partial charge on any atom is 0.264 e. The van der Waals surface area contributed by atoms with Crippen molar-refractivity contribution >= 4 is 34.1 Å². The molecular formula is C18H14FN7O2S2. The van der Waals surface area contributed by atoms with E-state index in [1.54, 1.807) is 36.4 Å².